The lowest BCUT2D eigenvalue weighted by Crippen LogP contribution is -2.61. The monoisotopic (exact) mass is 224 g/mol. The summed E-state index contributed by atoms with van der Waals surface area (Å²) in [4.78, 5) is 13.7. The molecule has 90 valence electrons. The van der Waals surface area contributed by atoms with Gasteiger partial charge in [0, 0.05) is 18.1 Å². The van der Waals surface area contributed by atoms with Gasteiger partial charge in [0.1, 0.15) is 0 Å². The molecule has 4 nitrogen and oxygen atoms in total. The summed E-state index contributed by atoms with van der Waals surface area (Å²) in [6, 6.07) is 0.411. The van der Waals surface area contributed by atoms with Gasteiger partial charge < -0.3 is 15.0 Å². The second-order valence-electron chi connectivity index (χ2n) is 5.37. The third-order valence-corrected chi connectivity index (χ3v) is 4.36. The van der Waals surface area contributed by atoms with E-state index >= 15 is 0 Å². The van der Waals surface area contributed by atoms with Crippen molar-refractivity contribution in [2.45, 2.75) is 50.1 Å². The molecule has 2 saturated heterocycles. The molecule has 2 aliphatic heterocycles. The smallest absolute Gasteiger partial charge is 0.410 e. The maximum Gasteiger partial charge on any atom is 0.410 e. The van der Waals surface area contributed by atoms with E-state index in [1.165, 1.54) is 19.3 Å². The molecule has 1 unspecified atom stereocenters. The normalized spacial score (nSPS) is 33.4. The van der Waals surface area contributed by atoms with Gasteiger partial charge in [0.25, 0.3) is 0 Å². The van der Waals surface area contributed by atoms with E-state index in [2.05, 4.69) is 5.32 Å². The number of nitrogens with one attached hydrogen (secondary N) is 1. The Labute approximate surface area is 96.3 Å². The molecule has 0 radical (unpaired) electrons. The topological polar surface area (TPSA) is 41.6 Å². The maximum atomic E-state index is 11.7. The van der Waals surface area contributed by atoms with Crippen LogP contribution in [0.15, 0.2) is 0 Å². The van der Waals surface area contributed by atoms with Crippen molar-refractivity contribution in [3.63, 3.8) is 0 Å². The molecule has 3 rings (SSSR count). The number of ether oxygens (including phenoxy) is 1. The summed E-state index contributed by atoms with van der Waals surface area (Å²) >= 11 is 0. The van der Waals surface area contributed by atoms with Gasteiger partial charge in [-0.1, -0.05) is 0 Å². The molecular formula is C12H20N2O2. The third-order valence-electron chi connectivity index (χ3n) is 4.36. The van der Waals surface area contributed by atoms with E-state index in [-0.39, 0.29) is 6.09 Å². The van der Waals surface area contributed by atoms with E-state index in [1.807, 2.05) is 4.90 Å². The number of nitrogens with zero attached hydrogens (tertiary/aromatic N) is 1. The lowest BCUT2D eigenvalue weighted by atomic mass is 9.70. The molecule has 0 aromatic carbocycles. The van der Waals surface area contributed by atoms with Crippen LogP contribution >= 0.6 is 0 Å². The molecule has 16 heavy (non-hydrogen) atoms. The van der Waals surface area contributed by atoms with Crippen LogP contribution in [0.2, 0.25) is 0 Å². The Kier molecular flexibility index (Phi) is 2.54. The Bertz CT molecular complexity index is 289. The minimum Gasteiger partial charge on any atom is -0.449 e. The summed E-state index contributed by atoms with van der Waals surface area (Å²) in [5.41, 5.74) is 0.362. The Morgan fingerprint density at radius 2 is 2.25 bits per heavy atom. The van der Waals surface area contributed by atoms with Crippen molar-refractivity contribution in [2.24, 2.45) is 0 Å². The van der Waals surface area contributed by atoms with Crippen molar-refractivity contribution in [3.8, 4) is 0 Å². The largest absolute Gasteiger partial charge is 0.449 e. The predicted molar refractivity (Wildman–Crippen MR) is 60.3 cm³/mol. The molecule has 1 saturated carbocycles. The number of amides is 1. The van der Waals surface area contributed by atoms with Crippen LogP contribution in [0.5, 0.6) is 0 Å². The minimum absolute atomic E-state index is 0.0902. The summed E-state index contributed by atoms with van der Waals surface area (Å²) in [5.74, 6) is 0. The zero-order chi connectivity index (χ0) is 11.0. The molecule has 1 spiro atoms. The average Bonchev–Trinajstić information content (AvgIpc) is 2.28. The molecule has 3 fully saturated rings. The second-order valence-corrected chi connectivity index (χ2v) is 5.37. The van der Waals surface area contributed by atoms with Gasteiger partial charge in [-0.2, -0.15) is 0 Å². The standard InChI is InChI=1S/C12H20N2O2/c15-11-14(7-2-8-16-11)10-3-6-13-12(9-10)4-1-5-12/h10,13H,1-9H2. The van der Waals surface area contributed by atoms with Crippen molar-refractivity contribution in [1.29, 1.82) is 0 Å². The molecule has 0 bridgehead atoms. The molecule has 2 heterocycles. The molecule has 0 aromatic rings. The molecule has 1 N–H and O–H groups in total. The van der Waals surface area contributed by atoms with Gasteiger partial charge in [-0.3, -0.25) is 0 Å². The first-order valence-electron chi connectivity index (χ1n) is 6.48. The quantitative estimate of drug-likeness (QED) is 0.734. The van der Waals surface area contributed by atoms with Crippen molar-refractivity contribution < 1.29 is 9.53 Å². The first-order chi connectivity index (χ1) is 7.79. The van der Waals surface area contributed by atoms with E-state index < -0.39 is 0 Å². The summed E-state index contributed by atoms with van der Waals surface area (Å²) in [6.45, 7) is 2.54. The summed E-state index contributed by atoms with van der Waals surface area (Å²) in [6.07, 6.45) is 7.01. The fraction of sp³-hybridized carbons (Fsp3) is 0.917. The van der Waals surface area contributed by atoms with Crippen LogP contribution in [-0.4, -0.2) is 42.3 Å². The van der Waals surface area contributed by atoms with E-state index in [0.717, 1.165) is 32.4 Å². The van der Waals surface area contributed by atoms with Crippen molar-refractivity contribution >= 4 is 6.09 Å². The number of cyclic esters (lactones) is 1. The molecule has 1 atom stereocenters. The van der Waals surface area contributed by atoms with E-state index in [9.17, 15) is 4.79 Å². The van der Waals surface area contributed by atoms with Crippen LogP contribution < -0.4 is 5.32 Å². The Morgan fingerprint density at radius 3 is 2.94 bits per heavy atom. The van der Waals surface area contributed by atoms with E-state index in [0.29, 0.717) is 18.2 Å². The Balaban J connectivity index is 1.67. The first-order valence-corrected chi connectivity index (χ1v) is 6.48. The number of hydrogen-bond donors (Lipinski definition) is 1. The second kappa shape index (κ2) is 3.91. The lowest BCUT2D eigenvalue weighted by molar-refractivity contribution is 0.0221. The first kappa shape index (κ1) is 10.4. The van der Waals surface area contributed by atoms with E-state index in [1.54, 1.807) is 0 Å². The number of piperidine rings is 1. The third kappa shape index (κ3) is 1.69. The SMILES string of the molecule is O=C1OCCCN1C1CCNC2(CCC2)C1. The van der Waals surface area contributed by atoms with Gasteiger partial charge in [0.05, 0.1) is 6.61 Å². The van der Waals surface area contributed by atoms with Gasteiger partial charge in [-0.05, 0) is 45.1 Å². The van der Waals surface area contributed by atoms with Crippen LogP contribution in [0.25, 0.3) is 0 Å². The number of rotatable bonds is 1. The minimum atomic E-state index is -0.0902. The highest BCUT2D eigenvalue weighted by Gasteiger charge is 2.43. The van der Waals surface area contributed by atoms with Gasteiger partial charge >= 0.3 is 6.09 Å². The highest BCUT2D eigenvalue weighted by atomic mass is 16.6. The molecule has 0 aromatic heterocycles. The van der Waals surface area contributed by atoms with Gasteiger partial charge in [-0.15, -0.1) is 0 Å². The molecule has 3 aliphatic rings. The molecule has 1 aliphatic carbocycles. The predicted octanol–water partition coefficient (Wildman–Crippen LogP) is 1.50. The number of carbonyl (C=O) groups is 1. The average molecular weight is 224 g/mol. The molecular weight excluding hydrogens is 204 g/mol. The van der Waals surface area contributed by atoms with Crippen LogP contribution in [0.4, 0.5) is 4.79 Å². The number of hydrogen-bond acceptors (Lipinski definition) is 3. The molecule has 1 amide bonds. The lowest BCUT2D eigenvalue weighted by Gasteiger charge is -2.50. The van der Waals surface area contributed by atoms with Gasteiger partial charge in [0.15, 0.2) is 0 Å². The van der Waals surface area contributed by atoms with Crippen LogP contribution in [0, 0.1) is 0 Å². The van der Waals surface area contributed by atoms with Crippen LogP contribution in [-0.2, 0) is 4.74 Å². The highest BCUT2D eigenvalue weighted by molar-refractivity contribution is 5.68. The van der Waals surface area contributed by atoms with Gasteiger partial charge in [-0.25, -0.2) is 4.79 Å². The van der Waals surface area contributed by atoms with Crippen molar-refractivity contribution in [1.82, 2.24) is 10.2 Å². The maximum absolute atomic E-state index is 11.7. The van der Waals surface area contributed by atoms with Crippen molar-refractivity contribution in [3.05, 3.63) is 0 Å². The zero-order valence-corrected chi connectivity index (χ0v) is 9.71. The van der Waals surface area contributed by atoms with Crippen LogP contribution in [0.1, 0.15) is 38.5 Å². The summed E-state index contributed by atoms with van der Waals surface area (Å²) in [7, 11) is 0. The van der Waals surface area contributed by atoms with E-state index in [4.69, 9.17) is 4.74 Å². The molecule has 4 heteroatoms. The highest BCUT2D eigenvalue weighted by Crippen LogP contribution is 2.39. The Morgan fingerprint density at radius 1 is 1.38 bits per heavy atom. The Hall–Kier alpha value is -0.770. The van der Waals surface area contributed by atoms with Crippen molar-refractivity contribution in [2.75, 3.05) is 19.7 Å². The van der Waals surface area contributed by atoms with Crippen LogP contribution in [0.3, 0.4) is 0 Å². The zero-order valence-electron chi connectivity index (χ0n) is 9.71. The fourth-order valence-corrected chi connectivity index (χ4v) is 3.28. The van der Waals surface area contributed by atoms with Gasteiger partial charge in [0.2, 0.25) is 0 Å². The summed E-state index contributed by atoms with van der Waals surface area (Å²) < 4.78 is 5.13. The summed E-state index contributed by atoms with van der Waals surface area (Å²) in [5, 5.41) is 3.64. The fourth-order valence-electron chi connectivity index (χ4n) is 3.28. The number of carbonyl (C=O) groups excluding carboxylic acids is 1.